The van der Waals surface area contributed by atoms with Gasteiger partial charge in [-0.3, -0.25) is 14.5 Å². The topological polar surface area (TPSA) is 61.4 Å². The molecule has 1 aliphatic rings. The monoisotopic (exact) mass is 357 g/mol. The van der Waals surface area contributed by atoms with Crippen LogP contribution in [-0.2, 0) is 22.6 Å². The van der Waals surface area contributed by atoms with Gasteiger partial charge in [-0.15, -0.1) is 11.3 Å². The van der Waals surface area contributed by atoms with Crippen molar-refractivity contribution in [2.75, 3.05) is 19.6 Å². The van der Waals surface area contributed by atoms with E-state index in [0.717, 1.165) is 19.5 Å². The number of fused-ring (bicyclic) bond motifs is 1. The number of nitrogens with one attached hydrogen (secondary N) is 2. The summed E-state index contributed by atoms with van der Waals surface area (Å²) in [6.07, 6.45) is 1.00. The van der Waals surface area contributed by atoms with Gasteiger partial charge in [0.1, 0.15) is 0 Å². The van der Waals surface area contributed by atoms with Gasteiger partial charge in [-0.1, -0.05) is 30.3 Å². The first-order chi connectivity index (χ1) is 12.2. The lowest BCUT2D eigenvalue weighted by atomic mass is 9.98. The highest BCUT2D eigenvalue weighted by atomic mass is 32.1. The molecule has 5 nitrogen and oxygen atoms in total. The van der Waals surface area contributed by atoms with Crippen molar-refractivity contribution in [3.8, 4) is 0 Å². The summed E-state index contributed by atoms with van der Waals surface area (Å²) < 4.78 is 0. The quantitative estimate of drug-likeness (QED) is 0.806. The van der Waals surface area contributed by atoms with Crippen LogP contribution in [0.15, 0.2) is 41.8 Å². The normalized spacial score (nSPS) is 15.2. The summed E-state index contributed by atoms with van der Waals surface area (Å²) in [4.78, 5) is 27.2. The van der Waals surface area contributed by atoms with Gasteiger partial charge in [0.25, 0.3) is 0 Å². The second-order valence-electron chi connectivity index (χ2n) is 6.09. The summed E-state index contributed by atoms with van der Waals surface area (Å²) in [5, 5.41) is 7.37. The highest BCUT2D eigenvalue weighted by Crippen LogP contribution is 2.29. The number of likely N-dealkylation sites (N-methyl/N-ethyl adjacent to an activating group) is 1. The van der Waals surface area contributed by atoms with Crippen molar-refractivity contribution in [3.05, 3.63) is 57.8 Å². The third-order valence-electron chi connectivity index (χ3n) is 4.47. The lowest BCUT2D eigenvalue weighted by Gasteiger charge is -2.35. The summed E-state index contributed by atoms with van der Waals surface area (Å²) in [6.45, 7) is 4.47. The molecular formula is C19H23N3O2S. The van der Waals surface area contributed by atoms with Crippen LogP contribution in [0.1, 0.15) is 29.0 Å². The van der Waals surface area contributed by atoms with Gasteiger partial charge in [0.2, 0.25) is 0 Å². The lowest BCUT2D eigenvalue weighted by molar-refractivity contribution is -0.139. The van der Waals surface area contributed by atoms with Crippen LogP contribution in [0.4, 0.5) is 0 Å². The third-order valence-corrected chi connectivity index (χ3v) is 5.45. The van der Waals surface area contributed by atoms with E-state index in [9.17, 15) is 9.59 Å². The first-order valence-electron chi connectivity index (χ1n) is 8.59. The zero-order valence-electron chi connectivity index (χ0n) is 14.3. The smallest absolute Gasteiger partial charge is 0.309 e. The van der Waals surface area contributed by atoms with Gasteiger partial charge in [0.05, 0.1) is 6.04 Å². The molecule has 2 heterocycles. The molecule has 0 saturated carbocycles. The maximum atomic E-state index is 11.9. The molecule has 132 valence electrons. The van der Waals surface area contributed by atoms with Crippen molar-refractivity contribution in [1.29, 1.82) is 0 Å². The first-order valence-corrected chi connectivity index (χ1v) is 9.47. The fourth-order valence-corrected chi connectivity index (χ4v) is 4.05. The fourth-order valence-electron chi connectivity index (χ4n) is 3.18. The van der Waals surface area contributed by atoms with E-state index in [1.165, 1.54) is 16.0 Å². The highest BCUT2D eigenvalue weighted by molar-refractivity contribution is 7.10. The van der Waals surface area contributed by atoms with E-state index < -0.39 is 11.8 Å². The van der Waals surface area contributed by atoms with Crippen LogP contribution in [0.5, 0.6) is 0 Å². The molecule has 0 aliphatic carbocycles. The Hall–Kier alpha value is -2.18. The molecule has 0 radical (unpaired) electrons. The van der Waals surface area contributed by atoms with E-state index >= 15 is 0 Å². The van der Waals surface area contributed by atoms with Crippen molar-refractivity contribution in [2.45, 2.75) is 25.9 Å². The summed E-state index contributed by atoms with van der Waals surface area (Å²) in [5.41, 5.74) is 2.74. The average Bonchev–Trinajstić information content (AvgIpc) is 3.16. The Morgan fingerprint density at radius 3 is 2.60 bits per heavy atom. The SMILES string of the molecule is CCNC(=O)C(=O)NC[C@H](c1cccs1)N1CCc2ccccc2C1. The van der Waals surface area contributed by atoms with Crippen molar-refractivity contribution < 1.29 is 9.59 Å². The fraction of sp³-hybridized carbons (Fsp3) is 0.368. The zero-order chi connectivity index (χ0) is 17.6. The molecule has 6 heteroatoms. The van der Waals surface area contributed by atoms with Crippen molar-refractivity contribution in [3.63, 3.8) is 0 Å². The molecule has 0 saturated heterocycles. The Labute approximate surface area is 152 Å². The number of rotatable bonds is 5. The van der Waals surface area contributed by atoms with E-state index in [1.54, 1.807) is 18.3 Å². The molecule has 2 amide bonds. The van der Waals surface area contributed by atoms with E-state index in [-0.39, 0.29) is 6.04 Å². The lowest BCUT2D eigenvalue weighted by Crippen LogP contribution is -2.44. The Morgan fingerprint density at radius 1 is 1.12 bits per heavy atom. The third kappa shape index (κ3) is 4.27. The molecule has 1 aromatic heterocycles. The number of hydrogen-bond acceptors (Lipinski definition) is 4. The molecule has 0 spiro atoms. The van der Waals surface area contributed by atoms with Crippen LogP contribution in [-0.4, -0.2) is 36.3 Å². The van der Waals surface area contributed by atoms with Gasteiger partial charge in [0, 0.05) is 31.1 Å². The molecule has 1 aliphatic heterocycles. The summed E-state index contributed by atoms with van der Waals surface area (Å²) >= 11 is 1.68. The van der Waals surface area contributed by atoms with Gasteiger partial charge in [-0.25, -0.2) is 0 Å². The summed E-state index contributed by atoms with van der Waals surface area (Å²) in [7, 11) is 0. The number of amides is 2. The predicted molar refractivity (Wildman–Crippen MR) is 99.3 cm³/mol. The second-order valence-corrected chi connectivity index (χ2v) is 7.07. The Kier molecular flexibility index (Phi) is 5.83. The van der Waals surface area contributed by atoms with Crippen LogP contribution >= 0.6 is 11.3 Å². The van der Waals surface area contributed by atoms with E-state index in [1.807, 2.05) is 11.4 Å². The minimum Gasteiger partial charge on any atom is -0.348 e. The van der Waals surface area contributed by atoms with E-state index in [4.69, 9.17) is 0 Å². The maximum Gasteiger partial charge on any atom is 0.309 e. The molecule has 0 fully saturated rings. The van der Waals surface area contributed by atoms with Crippen LogP contribution in [0, 0.1) is 0 Å². The number of carbonyl (C=O) groups excluding carboxylic acids is 2. The predicted octanol–water partition coefficient (Wildman–Crippen LogP) is 2.10. The maximum absolute atomic E-state index is 11.9. The Balaban J connectivity index is 1.71. The van der Waals surface area contributed by atoms with Gasteiger partial charge in [0.15, 0.2) is 0 Å². The van der Waals surface area contributed by atoms with Crippen molar-refractivity contribution in [2.24, 2.45) is 0 Å². The molecule has 0 unspecified atom stereocenters. The number of benzene rings is 1. The van der Waals surface area contributed by atoms with Crippen molar-refractivity contribution in [1.82, 2.24) is 15.5 Å². The second kappa shape index (κ2) is 8.27. The number of carbonyl (C=O) groups is 2. The molecule has 25 heavy (non-hydrogen) atoms. The number of thiophene rings is 1. The first kappa shape index (κ1) is 17.6. The van der Waals surface area contributed by atoms with Crippen LogP contribution in [0.2, 0.25) is 0 Å². The molecule has 2 aromatic rings. The summed E-state index contributed by atoms with van der Waals surface area (Å²) in [5.74, 6) is -1.14. The van der Waals surface area contributed by atoms with Crippen molar-refractivity contribution >= 4 is 23.2 Å². The van der Waals surface area contributed by atoms with Crippen LogP contribution in [0.25, 0.3) is 0 Å². The Bertz CT molecular complexity index is 730. The molecule has 2 N–H and O–H groups in total. The van der Waals surface area contributed by atoms with E-state index in [2.05, 4.69) is 45.9 Å². The van der Waals surface area contributed by atoms with Gasteiger partial charge >= 0.3 is 11.8 Å². The zero-order valence-corrected chi connectivity index (χ0v) is 15.1. The van der Waals surface area contributed by atoms with Crippen LogP contribution in [0.3, 0.4) is 0 Å². The summed E-state index contributed by atoms with van der Waals surface area (Å²) in [6, 6.07) is 12.7. The van der Waals surface area contributed by atoms with Gasteiger partial charge in [-0.2, -0.15) is 0 Å². The number of nitrogens with zero attached hydrogens (tertiary/aromatic N) is 1. The molecule has 1 atom stereocenters. The molecule has 0 bridgehead atoms. The molecule has 1 aromatic carbocycles. The molecule has 3 rings (SSSR count). The minimum absolute atomic E-state index is 0.0757. The minimum atomic E-state index is -0.573. The van der Waals surface area contributed by atoms with Gasteiger partial charge < -0.3 is 10.6 Å². The standard InChI is InChI=1S/C19H23N3O2S/c1-2-20-18(23)19(24)21-12-16(17-8-5-11-25-17)22-10-9-14-6-3-4-7-15(14)13-22/h3-8,11,16H,2,9-10,12-13H2,1H3,(H,20,23)(H,21,24)/t16-/m1/s1. The van der Waals surface area contributed by atoms with Gasteiger partial charge in [-0.05, 0) is 35.9 Å². The largest absolute Gasteiger partial charge is 0.348 e. The van der Waals surface area contributed by atoms with Crippen LogP contribution < -0.4 is 10.6 Å². The molecular weight excluding hydrogens is 334 g/mol. The Morgan fingerprint density at radius 2 is 1.88 bits per heavy atom. The average molecular weight is 357 g/mol. The highest BCUT2D eigenvalue weighted by Gasteiger charge is 2.26. The number of hydrogen-bond donors (Lipinski definition) is 2. The van der Waals surface area contributed by atoms with E-state index in [0.29, 0.717) is 13.1 Å².